The lowest BCUT2D eigenvalue weighted by Gasteiger charge is -2.34. The van der Waals surface area contributed by atoms with Gasteiger partial charge in [-0.1, -0.05) is 23.7 Å². The van der Waals surface area contributed by atoms with Gasteiger partial charge in [-0.05, 0) is 50.4 Å². The number of halogens is 2. The van der Waals surface area contributed by atoms with Gasteiger partial charge < -0.3 is 16.0 Å². The molecule has 0 saturated carbocycles. The maximum Gasteiger partial charge on any atom is 0.222 e. The van der Waals surface area contributed by atoms with Crippen molar-refractivity contribution in [3.05, 3.63) is 46.4 Å². The average Bonchev–Trinajstić information content (AvgIpc) is 2.60. The number of aryl methyl sites for hydroxylation is 1. The molecule has 0 bridgehead atoms. The van der Waals surface area contributed by atoms with Crippen LogP contribution in [0.25, 0.3) is 0 Å². The quantitative estimate of drug-likeness (QED) is 0.854. The summed E-state index contributed by atoms with van der Waals surface area (Å²) >= 11 is 6.33. The van der Waals surface area contributed by atoms with E-state index in [1.165, 1.54) is 12.1 Å². The number of piperidine rings is 1. The predicted octanol–water partition coefficient (Wildman–Crippen LogP) is 2.96. The van der Waals surface area contributed by atoms with Crippen molar-refractivity contribution >= 4 is 23.4 Å². The Labute approximate surface area is 152 Å². The number of nitrogens with two attached hydrogens (primary N) is 1. The van der Waals surface area contributed by atoms with Gasteiger partial charge in [-0.2, -0.15) is 4.98 Å². The Bertz CT molecular complexity index is 714. The minimum absolute atomic E-state index is 0.191. The van der Waals surface area contributed by atoms with E-state index in [0.29, 0.717) is 16.8 Å². The summed E-state index contributed by atoms with van der Waals surface area (Å²) in [5, 5.41) is 4.16. The molecule has 1 aromatic heterocycles. The van der Waals surface area contributed by atoms with E-state index in [9.17, 15) is 4.39 Å². The van der Waals surface area contributed by atoms with Crippen LogP contribution in [0.5, 0.6) is 0 Å². The second kappa shape index (κ2) is 7.97. The van der Waals surface area contributed by atoms with Crippen molar-refractivity contribution in [2.45, 2.75) is 32.2 Å². The van der Waals surface area contributed by atoms with Gasteiger partial charge in [0.25, 0.3) is 0 Å². The van der Waals surface area contributed by atoms with Crippen LogP contribution in [0.4, 0.5) is 16.2 Å². The summed E-state index contributed by atoms with van der Waals surface area (Å²) in [5.41, 5.74) is 7.60. The van der Waals surface area contributed by atoms with Gasteiger partial charge in [-0.25, -0.2) is 9.37 Å². The number of aromatic nitrogens is 2. The fraction of sp³-hybridized carbons (Fsp3) is 0.444. The Kier molecular flexibility index (Phi) is 5.71. The average molecular weight is 364 g/mol. The van der Waals surface area contributed by atoms with Crippen LogP contribution in [0.3, 0.4) is 0 Å². The first-order valence-electron chi connectivity index (χ1n) is 8.55. The molecular weight excluding hydrogens is 341 g/mol. The van der Waals surface area contributed by atoms with Gasteiger partial charge in [0.1, 0.15) is 10.8 Å². The summed E-state index contributed by atoms with van der Waals surface area (Å²) in [7, 11) is 0. The molecule has 0 aliphatic carbocycles. The van der Waals surface area contributed by atoms with E-state index in [2.05, 4.69) is 20.2 Å². The van der Waals surface area contributed by atoms with Crippen LogP contribution in [0.15, 0.2) is 24.3 Å². The zero-order valence-corrected chi connectivity index (χ0v) is 15.1. The molecule has 1 aromatic carbocycles. The summed E-state index contributed by atoms with van der Waals surface area (Å²) in [4.78, 5) is 10.6. The lowest BCUT2D eigenvalue weighted by molar-refractivity contribution is 0.416. The van der Waals surface area contributed by atoms with Gasteiger partial charge in [-0.15, -0.1) is 0 Å². The van der Waals surface area contributed by atoms with E-state index in [1.54, 1.807) is 0 Å². The molecule has 1 saturated heterocycles. The first-order chi connectivity index (χ1) is 12.0. The Morgan fingerprint density at radius 1 is 1.24 bits per heavy atom. The first-order valence-corrected chi connectivity index (χ1v) is 8.93. The third-order valence-corrected chi connectivity index (χ3v) is 5.01. The molecule has 7 heteroatoms. The Balaban J connectivity index is 1.48. The van der Waals surface area contributed by atoms with Crippen molar-refractivity contribution in [1.29, 1.82) is 0 Å². The van der Waals surface area contributed by atoms with Crippen molar-refractivity contribution in [1.82, 2.24) is 15.3 Å². The molecule has 1 aliphatic rings. The van der Waals surface area contributed by atoms with Crippen molar-refractivity contribution in [2.24, 2.45) is 0 Å². The standard InChI is InChI=1S/C18H23ClFN5/c1-12-16(19)17(24-18(21)23-12)25-10-7-15(8-11-25)22-9-6-13-2-4-14(20)5-3-13/h2-5,15,22H,6-11H2,1H3,(H2,21,23,24). The Hall–Kier alpha value is -1.92. The van der Waals surface area contributed by atoms with Gasteiger partial charge in [0.15, 0.2) is 5.82 Å². The van der Waals surface area contributed by atoms with Gasteiger partial charge in [0.2, 0.25) is 5.95 Å². The van der Waals surface area contributed by atoms with Gasteiger partial charge >= 0.3 is 0 Å². The summed E-state index contributed by atoms with van der Waals surface area (Å²) < 4.78 is 12.9. The predicted molar refractivity (Wildman–Crippen MR) is 99.5 cm³/mol. The lowest BCUT2D eigenvalue weighted by Crippen LogP contribution is -2.43. The molecule has 0 atom stereocenters. The molecule has 2 aromatic rings. The second-order valence-corrected chi connectivity index (χ2v) is 6.77. The van der Waals surface area contributed by atoms with Crippen molar-refractivity contribution in [3.8, 4) is 0 Å². The molecule has 1 aliphatic heterocycles. The molecule has 0 amide bonds. The van der Waals surface area contributed by atoms with Gasteiger partial charge in [0, 0.05) is 19.1 Å². The van der Waals surface area contributed by atoms with Crippen LogP contribution >= 0.6 is 11.6 Å². The highest BCUT2D eigenvalue weighted by Gasteiger charge is 2.22. The minimum atomic E-state index is -0.191. The third kappa shape index (κ3) is 4.58. The Morgan fingerprint density at radius 2 is 1.92 bits per heavy atom. The fourth-order valence-corrected chi connectivity index (χ4v) is 3.35. The SMILES string of the molecule is Cc1nc(N)nc(N2CCC(NCCc3ccc(F)cc3)CC2)c1Cl. The van der Waals surface area contributed by atoms with E-state index >= 15 is 0 Å². The topological polar surface area (TPSA) is 67.1 Å². The number of nitrogens with one attached hydrogen (secondary N) is 1. The number of anilines is 2. The molecule has 1 fully saturated rings. The number of hydrogen-bond acceptors (Lipinski definition) is 5. The number of nitrogen functional groups attached to an aromatic ring is 1. The Morgan fingerprint density at radius 3 is 2.60 bits per heavy atom. The monoisotopic (exact) mass is 363 g/mol. The summed E-state index contributed by atoms with van der Waals surface area (Å²) in [6.45, 7) is 4.48. The smallest absolute Gasteiger partial charge is 0.222 e. The van der Waals surface area contributed by atoms with Crippen LogP contribution in [0.2, 0.25) is 5.02 Å². The molecule has 0 radical (unpaired) electrons. The van der Waals surface area contributed by atoms with Crippen LogP contribution in [0.1, 0.15) is 24.1 Å². The molecule has 3 N–H and O–H groups in total. The fourth-order valence-electron chi connectivity index (χ4n) is 3.14. The third-order valence-electron chi connectivity index (χ3n) is 4.57. The molecule has 0 spiro atoms. The molecule has 0 unspecified atom stereocenters. The van der Waals surface area contributed by atoms with E-state index in [4.69, 9.17) is 17.3 Å². The number of hydrogen-bond donors (Lipinski definition) is 2. The minimum Gasteiger partial charge on any atom is -0.368 e. The molecule has 3 rings (SSSR count). The van der Waals surface area contributed by atoms with E-state index in [1.807, 2.05) is 19.1 Å². The highest BCUT2D eigenvalue weighted by atomic mass is 35.5. The molecular formula is C18H23ClFN5. The zero-order chi connectivity index (χ0) is 17.8. The lowest BCUT2D eigenvalue weighted by atomic mass is 10.0. The highest BCUT2D eigenvalue weighted by molar-refractivity contribution is 6.33. The summed E-state index contributed by atoms with van der Waals surface area (Å²) in [5.74, 6) is 0.802. The number of rotatable bonds is 5. The summed E-state index contributed by atoms with van der Waals surface area (Å²) in [6.07, 6.45) is 2.93. The van der Waals surface area contributed by atoms with Crippen molar-refractivity contribution < 1.29 is 4.39 Å². The van der Waals surface area contributed by atoms with Crippen molar-refractivity contribution in [3.63, 3.8) is 0 Å². The van der Waals surface area contributed by atoms with Gasteiger partial charge in [-0.3, -0.25) is 0 Å². The molecule has 25 heavy (non-hydrogen) atoms. The van der Waals surface area contributed by atoms with Crippen LogP contribution in [-0.4, -0.2) is 35.6 Å². The molecule has 2 heterocycles. The second-order valence-electron chi connectivity index (χ2n) is 6.40. The largest absolute Gasteiger partial charge is 0.368 e. The summed E-state index contributed by atoms with van der Waals surface area (Å²) in [6, 6.07) is 7.16. The van der Waals surface area contributed by atoms with E-state index in [0.717, 1.165) is 50.3 Å². The maximum absolute atomic E-state index is 12.9. The zero-order valence-electron chi connectivity index (χ0n) is 14.3. The van der Waals surface area contributed by atoms with E-state index < -0.39 is 0 Å². The molecule has 5 nitrogen and oxygen atoms in total. The van der Waals surface area contributed by atoms with Crippen LogP contribution in [-0.2, 0) is 6.42 Å². The first kappa shape index (κ1) is 17.9. The number of benzene rings is 1. The number of nitrogens with zero attached hydrogens (tertiary/aromatic N) is 3. The normalized spacial score (nSPS) is 15.6. The van der Waals surface area contributed by atoms with Crippen molar-refractivity contribution in [2.75, 3.05) is 30.3 Å². The van der Waals surface area contributed by atoms with Gasteiger partial charge in [0.05, 0.1) is 5.69 Å². The van der Waals surface area contributed by atoms with Crippen LogP contribution < -0.4 is 16.0 Å². The highest BCUT2D eigenvalue weighted by Crippen LogP contribution is 2.28. The molecule has 134 valence electrons. The van der Waals surface area contributed by atoms with E-state index in [-0.39, 0.29) is 11.8 Å². The van der Waals surface area contributed by atoms with Crippen LogP contribution in [0, 0.1) is 12.7 Å². The maximum atomic E-state index is 12.9.